The van der Waals surface area contributed by atoms with Crippen molar-refractivity contribution < 1.29 is 19.4 Å². The van der Waals surface area contributed by atoms with Crippen LogP contribution in [0.3, 0.4) is 0 Å². The van der Waals surface area contributed by atoms with E-state index >= 15 is 0 Å². The third-order valence-corrected chi connectivity index (χ3v) is 3.51. The minimum Gasteiger partial charge on any atom is -0.486 e. The SMILES string of the molecule is CCc1c2c(cc(Br)c1C(N)C(=O)O)OCCO2. The van der Waals surface area contributed by atoms with Crippen LogP contribution in [0.2, 0.25) is 0 Å². The topological polar surface area (TPSA) is 81.8 Å². The molecule has 0 aliphatic carbocycles. The van der Waals surface area contributed by atoms with Gasteiger partial charge in [0.25, 0.3) is 0 Å². The summed E-state index contributed by atoms with van der Waals surface area (Å²) in [5.74, 6) is 0.173. The molecular weight excluding hydrogens is 302 g/mol. The first-order chi connectivity index (χ1) is 8.56. The molecule has 0 saturated carbocycles. The molecular formula is C12H14BrNO4. The molecule has 1 heterocycles. The van der Waals surface area contributed by atoms with E-state index in [2.05, 4.69) is 15.9 Å². The molecule has 0 radical (unpaired) electrons. The molecule has 6 heteroatoms. The summed E-state index contributed by atoms with van der Waals surface area (Å²) < 4.78 is 11.7. The van der Waals surface area contributed by atoms with Crippen LogP contribution in [0, 0.1) is 0 Å². The van der Waals surface area contributed by atoms with Crippen molar-refractivity contribution >= 4 is 21.9 Å². The average Bonchev–Trinajstić information content (AvgIpc) is 2.36. The van der Waals surface area contributed by atoms with E-state index in [1.165, 1.54) is 0 Å². The van der Waals surface area contributed by atoms with E-state index in [-0.39, 0.29) is 0 Å². The normalized spacial score (nSPS) is 15.3. The van der Waals surface area contributed by atoms with Gasteiger partial charge in [0.05, 0.1) is 0 Å². The molecule has 3 N–H and O–H groups in total. The van der Waals surface area contributed by atoms with Crippen molar-refractivity contribution in [3.8, 4) is 11.5 Å². The van der Waals surface area contributed by atoms with Gasteiger partial charge in [-0.25, -0.2) is 0 Å². The fourth-order valence-electron chi connectivity index (χ4n) is 2.05. The van der Waals surface area contributed by atoms with Crippen LogP contribution in [0.5, 0.6) is 11.5 Å². The lowest BCUT2D eigenvalue weighted by Crippen LogP contribution is -2.24. The zero-order valence-electron chi connectivity index (χ0n) is 9.90. The highest BCUT2D eigenvalue weighted by Crippen LogP contribution is 2.42. The van der Waals surface area contributed by atoms with Gasteiger partial charge in [-0.15, -0.1) is 0 Å². The van der Waals surface area contributed by atoms with Crippen LogP contribution in [0.15, 0.2) is 10.5 Å². The molecule has 1 aromatic carbocycles. The van der Waals surface area contributed by atoms with Crippen LogP contribution < -0.4 is 15.2 Å². The number of fused-ring (bicyclic) bond motifs is 1. The summed E-state index contributed by atoms with van der Waals surface area (Å²) >= 11 is 3.36. The fourth-order valence-corrected chi connectivity index (χ4v) is 2.74. The van der Waals surface area contributed by atoms with Crippen molar-refractivity contribution in [1.82, 2.24) is 0 Å². The first-order valence-corrected chi connectivity index (χ1v) is 6.44. The fraction of sp³-hybridized carbons (Fsp3) is 0.417. The van der Waals surface area contributed by atoms with E-state index in [4.69, 9.17) is 20.3 Å². The Morgan fingerprint density at radius 1 is 1.56 bits per heavy atom. The third-order valence-electron chi connectivity index (χ3n) is 2.86. The van der Waals surface area contributed by atoms with Gasteiger partial charge in [0, 0.05) is 15.6 Å². The van der Waals surface area contributed by atoms with Crippen LogP contribution in [0.25, 0.3) is 0 Å². The lowest BCUT2D eigenvalue weighted by molar-refractivity contribution is -0.138. The van der Waals surface area contributed by atoms with Gasteiger partial charge in [0.1, 0.15) is 19.3 Å². The molecule has 0 amide bonds. The maximum atomic E-state index is 11.1. The van der Waals surface area contributed by atoms with Crippen LogP contribution in [0.1, 0.15) is 24.1 Å². The smallest absolute Gasteiger partial charge is 0.325 e. The van der Waals surface area contributed by atoms with Crippen LogP contribution in [-0.4, -0.2) is 24.3 Å². The molecule has 0 fully saturated rings. The number of hydrogen-bond donors (Lipinski definition) is 2. The van der Waals surface area contributed by atoms with Crippen LogP contribution in [-0.2, 0) is 11.2 Å². The van der Waals surface area contributed by atoms with Crippen LogP contribution in [0.4, 0.5) is 0 Å². The van der Waals surface area contributed by atoms with Gasteiger partial charge in [-0.1, -0.05) is 22.9 Å². The second-order valence-electron chi connectivity index (χ2n) is 3.94. The molecule has 1 unspecified atom stereocenters. The Morgan fingerprint density at radius 2 is 2.22 bits per heavy atom. The zero-order valence-corrected chi connectivity index (χ0v) is 11.5. The van der Waals surface area contributed by atoms with Crippen molar-refractivity contribution in [2.75, 3.05) is 13.2 Å². The number of carboxylic acids is 1. The molecule has 0 aromatic heterocycles. The van der Waals surface area contributed by atoms with E-state index in [1.54, 1.807) is 6.07 Å². The first-order valence-electron chi connectivity index (χ1n) is 5.65. The van der Waals surface area contributed by atoms with E-state index in [9.17, 15) is 4.79 Å². The second-order valence-corrected chi connectivity index (χ2v) is 4.80. The van der Waals surface area contributed by atoms with Gasteiger partial charge in [-0.05, 0) is 12.5 Å². The van der Waals surface area contributed by atoms with Crippen molar-refractivity contribution in [3.05, 3.63) is 21.7 Å². The van der Waals surface area contributed by atoms with Gasteiger partial charge in [0.15, 0.2) is 11.5 Å². The molecule has 1 aromatic rings. The van der Waals surface area contributed by atoms with Crippen molar-refractivity contribution in [2.45, 2.75) is 19.4 Å². The number of ether oxygens (including phenoxy) is 2. The van der Waals surface area contributed by atoms with Gasteiger partial charge >= 0.3 is 5.97 Å². The minimum absolute atomic E-state index is 0.462. The summed E-state index contributed by atoms with van der Waals surface area (Å²) in [5, 5.41) is 9.07. The summed E-state index contributed by atoms with van der Waals surface area (Å²) in [4.78, 5) is 11.1. The van der Waals surface area contributed by atoms with Crippen molar-refractivity contribution in [3.63, 3.8) is 0 Å². The van der Waals surface area contributed by atoms with E-state index in [1.807, 2.05) is 6.92 Å². The highest BCUT2D eigenvalue weighted by molar-refractivity contribution is 9.10. The molecule has 18 heavy (non-hydrogen) atoms. The number of carboxylic acid groups (broad SMARTS) is 1. The third kappa shape index (κ3) is 2.18. The minimum atomic E-state index is -1.08. The predicted molar refractivity (Wildman–Crippen MR) is 69.1 cm³/mol. The quantitative estimate of drug-likeness (QED) is 0.889. The summed E-state index contributed by atoms with van der Waals surface area (Å²) in [6.07, 6.45) is 0.626. The Bertz CT molecular complexity index is 489. The van der Waals surface area contributed by atoms with Crippen molar-refractivity contribution in [2.24, 2.45) is 5.73 Å². The van der Waals surface area contributed by atoms with Gasteiger partial charge in [0.2, 0.25) is 0 Å². The average molecular weight is 316 g/mol. The molecule has 1 atom stereocenters. The molecule has 1 aliphatic rings. The Balaban J connectivity index is 2.61. The number of halogens is 1. The molecule has 0 bridgehead atoms. The van der Waals surface area contributed by atoms with Crippen molar-refractivity contribution in [1.29, 1.82) is 0 Å². The van der Waals surface area contributed by atoms with E-state index in [0.717, 1.165) is 5.56 Å². The summed E-state index contributed by atoms with van der Waals surface area (Å²) in [6, 6.07) is 0.636. The number of nitrogens with two attached hydrogens (primary N) is 1. The number of benzene rings is 1. The molecule has 2 rings (SSSR count). The highest BCUT2D eigenvalue weighted by atomic mass is 79.9. The highest BCUT2D eigenvalue weighted by Gasteiger charge is 2.27. The number of hydrogen-bond acceptors (Lipinski definition) is 4. The Hall–Kier alpha value is -1.27. The van der Waals surface area contributed by atoms with Gasteiger partial charge < -0.3 is 20.3 Å². The molecule has 98 valence electrons. The molecule has 0 saturated heterocycles. The maximum absolute atomic E-state index is 11.1. The van der Waals surface area contributed by atoms with Crippen LogP contribution >= 0.6 is 15.9 Å². The van der Waals surface area contributed by atoms with Gasteiger partial charge in [-0.3, -0.25) is 4.79 Å². The number of rotatable bonds is 3. The Kier molecular flexibility index (Phi) is 3.77. The standard InChI is InChI=1S/C12H14BrNO4/c1-2-6-9(10(14)12(15)16)7(13)5-8-11(6)18-4-3-17-8/h5,10H,2-4,14H2,1H3,(H,15,16). The molecule has 1 aliphatic heterocycles. The Morgan fingerprint density at radius 3 is 2.83 bits per heavy atom. The lowest BCUT2D eigenvalue weighted by Gasteiger charge is -2.25. The maximum Gasteiger partial charge on any atom is 0.325 e. The monoisotopic (exact) mass is 315 g/mol. The second kappa shape index (κ2) is 5.16. The van der Waals surface area contributed by atoms with Gasteiger partial charge in [-0.2, -0.15) is 0 Å². The molecule has 5 nitrogen and oxygen atoms in total. The summed E-state index contributed by atoms with van der Waals surface area (Å²) in [6.45, 7) is 2.88. The van der Waals surface area contributed by atoms with E-state index in [0.29, 0.717) is 41.2 Å². The van der Waals surface area contributed by atoms with E-state index < -0.39 is 12.0 Å². The summed E-state index contributed by atoms with van der Waals surface area (Å²) in [5.41, 5.74) is 7.06. The Labute approximate surface area is 113 Å². The molecule has 0 spiro atoms. The largest absolute Gasteiger partial charge is 0.486 e. The lowest BCUT2D eigenvalue weighted by atomic mass is 9.97. The number of carbonyl (C=O) groups is 1. The summed E-state index contributed by atoms with van der Waals surface area (Å²) in [7, 11) is 0. The zero-order chi connectivity index (χ0) is 13.3. The predicted octanol–water partition coefficient (Wildman–Crippen LogP) is 1.87. The number of aliphatic carboxylic acids is 1. The first kappa shape index (κ1) is 13.2.